The van der Waals surface area contributed by atoms with E-state index in [-0.39, 0.29) is 0 Å². The Bertz CT molecular complexity index is 339. The lowest BCUT2D eigenvalue weighted by Crippen LogP contribution is -2.35. The van der Waals surface area contributed by atoms with Crippen molar-refractivity contribution in [2.75, 3.05) is 20.1 Å². The number of halogens is 1. The fourth-order valence-electron chi connectivity index (χ4n) is 2.09. The maximum atomic E-state index is 5.75. The zero-order valence-electron chi connectivity index (χ0n) is 9.49. The van der Waals surface area contributed by atoms with Gasteiger partial charge in [0.15, 0.2) is 0 Å². The first-order valence-electron chi connectivity index (χ1n) is 5.63. The van der Waals surface area contributed by atoms with Crippen molar-refractivity contribution in [2.24, 2.45) is 0 Å². The SMILES string of the molecule is CN(Cc1ccnc(Cl)n1)C[C@@H]1CCCN1. The van der Waals surface area contributed by atoms with Gasteiger partial charge in [-0.2, -0.15) is 0 Å². The molecule has 5 heteroatoms. The van der Waals surface area contributed by atoms with Gasteiger partial charge >= 0.3 is 0 Å². The molecule has 1 aromatic heterocycles. The largest absolute Gasteiger partial charge is 0.313 e. The van der Waals surface area contributed by atoms with Crippen molar-refractivity contribution >= 4 is 11.6 Å². The molecule has 4 nitrogen and oxygen atoms in total. The number of nitrogens with zero attached hydrogens (tertiary/aromatic N) is 3. The summed E-state index contributed by atoms with van der Waals surface area (Å²) in [5, 5.41) is 3.81. The van der Waals surface area contributed by atoms with E-state index < -0.39 is 0 Å². The van der Waals surface area contributed by atoms with E-state index in [1.165, 1.54) is 12.8 Å². The van der Waals surface area contributed by atoms with Gasteiger partial charge < -0.3 is 5.32 Å². The standard InChI is InChI=1S/C11H17ClN4/c1-16(7-9-3-2-5-13-9)8-10-4-6-14-11(12)15-10/h4,6,9,13H,2-3,5,7-8H2,1H3/t9-/m0/s1. The summed E-state index contributed by atoms with van der Waals surface area (Å²) in [6, 6.07) is 2.53. The molecule has 0 radical (unpaired) electrons. The number of rotatable bonds is 4. The van der Waals surface area contributed by atoms with Gasteiger partial charge in [-0.1, -0.05) is 0 Å². The van der Waals surface area contributed by atoms with Crippen LogP contribution >= 0.6 is 11.6 Å². The molecule has 1 atom stereocenters. The lowest BCUT2D eigenvalue weighted by atomic mass is 10.2. The van der Waals surface area contributed by atoms with Crippen molar-refractivity contribution in [3.05, 3.63) is 23.2 Å². The molecule has 16 heavy (non-hydrogen) atoms. The second kappa shape index (κ2) is 5.57. The van der Waals surface area contributed by atoms with E-state index in [1.807, 2.05) is 6.07 Å². The minimum atomic E-state index is 0.324. The second-order valence-electron chi connectivity index (χ2n) is 4.31. The number of aromatic nitrogens is 2. The molecule has 1 fully saturated rings. The summed E-state index contributed by atoms with van der Waals surface area (Å²) in [5.41, 5.74) is 0.973. The lowest BCUT2D eigenvalue weighted by molar-refractivity contribution is 0.290. The monoisotopic (exact) mass is 240 g/mol. The van der Waals surface area contributed by atoms with Crippen LogP contribution in [0.2, 0.25) is 5.28 Å². The normalized spacial score (nSPS) is 20.6. The summed E-state index contributed by atoms with van der Waals surface area (Å²) < 4.78 is 0. The minimum absolute atomic E-state index is 0.324. The molecule has 0 aliphatic carbocycles. The van der Waals surface area contributed by atoms with E-state index in [1.54, 1.807) is 6.20 Å². The summed E-state index contributed by atoms with van der Waals surface area (Å²) in [6.45, 7) is 3.03. The van der Waals surface area contributed by atoms with Gasteiger partial charge in [0.25, 0.3) is 0 Å². The first kappa shape index (κ1) is 11.8. The fraction of sp³-hybridized carbons (Fsp3) is 0.636. The van der Waals surface area contributed by atoms with Crippen molar-refractivity contribution in [1.82, 2.24) is 20.2 Å². The molecule has 0 bridgehead atoms. The molecule has 0 unspecified atom stereocenters. The molecule has 88 valence electrons. The topological polar surface area (TPSA) is 41.1 Å². The highest BCUT2D eigenvalue weighted by molar-refractivity contribution is 6.28. The van der Waals surface area contributed by atoms with Crippen LogP contribution in [0.25, 0.3) is 0 Å². The number of nitrogens with one attached hydrogen (secondary N) is 1. The van der Waals surface area contributed by atoms with Crippen LogP contribution in [-0.2, 0) is 6.54 Å². The summed E-state index contributed by atoms with van der Waals surface area (Å²) in [5.74, 6) is 0. The zero-order valence-corrected chi connectivity index (χ0v) is 10.2. The van der Waals surface area contributed by atoms with Crippen LogP contribution in [0, 0.1) is 0 Å². The molecule has 2 rings (SSSR count). The van der Waals surface area contributed by atoms with Crippen LogP contribution < -0.4 is 5.32 Å². The average molecular weight is 241 g/mol. The third-order valence-electron chi connectivity index (χ3n) is 2.81. The molecule has 1 N–H and O–H groups in total. The number of hydrogen-bond donors (Lipinski definition) is 1. The van der Waals surface area contributed by atoms with E-state index in [0.29, 0.717) is 11.3 Å². The predicted molar refractivity (Wildman–Crippen MR) is 64.4 cm³/mol. The van der Waals surface area contributed by atoms with Crippen LogP contribution in [0.4, 0.5) is 0 Å². The molecule has 0 spiro atoms. The first-order valence-corrected chi connectivity index (χ1v) is 6.01. The molecular formula is C11H17ClN4. The van der Waals surface area contributed by atoms with Gasteiger partial charge in [0, 0.05) is 25.3 Å². The average Bonchev–Trinajstić information content (AvgIpc) is 2.70. The molecule has 1 aliphatic rings. The highest BCUT2D eigenvalue weighted by Gasteiger charge is 2.16. The molecule has 2 heterocycles. The Kier molecular flexibility index (Phi) is 4.09. The summed E-state index contributed by atoms with van der Waals surface area (Å²) in [6.07, 6.45) is 4.26. The Hall–Kier alpha value is -0.710. The summed E-state index contributed by atoms with van der Waals surface area (Å²) >= 11 is 5.75. The van der Waals surface area contributed by atoms with Gasteiger partial charge in [-0.05, 0) is 44.1 Å². The Labute approximate surface area is 101 Å². The molecule has 0 saturated carbocycles. The van der Waals surface area contributed by atoms with E-state index in [2.05, 4.69) is 27.2 Å². The molecule has 1 aliphatic heterocycles. The second-order valence-corrected chi connectivity index (χ2v) is 4.65. The van der Waals surface area contributed by atoms with E-state index in [0.717, 1.165) is 25.3 Å². The predicted octanol–water partition coefficient (Wildman–Crippen LogP) is 1.31. The summed E-state index contributed by atoms with van der Waals surface area (Å²) in [7, 11) is 2.11. The third-order valence-corrected chi connectivity index (χ3v) is 2.99. The molecule has 0 amide bonds. The van der Waals surface area contributed by atoms with Crippen LogP contribution in [0.3, 0.4) is 0 Å². The Morgan fingerprint density at radius 3 is 3.19 bits per heavy atom. The minimum Gasteiger partial charge on any atom is -0.313 e. The van der Waals surface area contributed by atoms with E-state index in [9.17, 15) is 0 Å². The van der Waals surface area contributed by atoms with Gasteiger partial charge in [-0.15, -0.1) is 0 Å². The van der Waals surface area contributed by atoms with Crippen molar-refractivity contribution in [2.45, 2.75) is 25.4 Å². The molecule has 1 saturated heterocycles. The van der Waals surface area contributed by atoms with Crippen LogP contribution in [0.1, 0.15) is 18.5 Å². The van der Waals surface area contributed by atoms with Gasteiger partial charge in [-0.25, -0.2) is 9.97 Å². The van der Waals surface area contributed by atoms with Crippen molar-refractivity contribution < 1.29 is 0 Å². The smallest absolute Gasteiger partial charge is 0.222 e. The van der Waals surface area contributed by atoms with Gasteiger partial charge in [-0.3, -0.25) is 4.90 Å². The molecule has 1 aromatic rings. The lowest BCUT2D eigenvalue weighted by Gasteiger charge is -2.20. The fourth-order valence-corrected chi connectivity index (χ4v) is 2.25. The van der Waals surface area contributed by atoms with Crippen molar-refractivity contribution in [3.63, 3.8) is 0 Å². The maximum Gasteiger partial charge on any atom is 0.222 e. The van der Waals surface area contributed by atoms with Crippen LogP contribution in [0.15, 0.2) is 12.3 Å². The van der Waals surface area contributed by atoms with Gasteiger partial charge in [0.1, 0.15) is 0 Å². The molecule has 0 aromatic carbocycles. The van der Waals surface area contributed by atoms with Crippen molar-refractivity contribution in [1.29, 1.82) is 0 Å². The Morgan fingerprint density at radius 1 is 1.62 bits per heavy atom. The van der Waals surface area contributed by atoms with Crippen molar-refractivity contribution in [3.8, 4) is 0 Å². The van der Waals surface area contributed by atoms with Gasteiger partial charge in [0.2, 0.25) is 5.28 Å². The molecular weight excluding hydrogens is 224 g/mol. The number of likely N-dealkylation sites (N-methyl/N-ethyl adjacent to an activating group) is 1. The van der Waals surface area contributed by atoms with Gasteiger partial charge in [0.05, 0.1) is 5.69 Å². The van der Waals surface area contributed by atoms with Crippen LogP contribution in [0.5, 0.6) is 0 Å². The zero-order chi connectivity index (χ0) is 11.4. The summed E-state index contributed by atoms with van der Waals surface area (Å²) in [4.78, 5) is 10.3. The quantitative estimate of drug-likeness (QED) is 0.806. The van der Waals surface area contributed by atoms with E-state index >= 15 is 0 Å². The Morgan fingerprint density at radius 2 is 2.50 bits per heavy atom. The Balaban J connectivity index is 1.84. The van der Waals surface area contributed by atoms with Crippen LogP contribution in [-0.4, -0.2) is 41.0 Å². The highest BCUT2D eigenvalue weighted by Crippen LogP contribution is 2.08. The first-order chi connectivity index (χ1) is 7.74. The highest BCUT2D eigenvalue weighted by atomic mass is 35.5. The number of hydrogen-bond acceptors (Lipinski definition) is 4. The maximum absolute atomic E-state index is 5.75. The third kappa shape index (κ3) is 3.40. The van der Waals surface area contributed by atoms with E-state index in [4.69, 9.17) is 11.6 Å².